The van der Waals surface area contributed by atoms with Crippen molar-refractivity contribution in [3.8, 4) is 23.8 Å². The van der Waals surface area contributed by atoms with Gasteiger partial charge >= 0.3 is 0 Å². The van der Waals surface area contributed by atoms with Crippen LogP contribution in [0.1, 0.15) is 28.4 Å². The van der Waals surface area contributed by atoms with Gasteiger partial charge in [-0.3, -0.25) is 10.3 Å². The molecule has 1 atom stereocenters. The highest BCUT2D eigenvalue weighted by Gasteiger charge is 2.31. The molecule has 3 aromatic rings. The third-order valence-electron chi connectivity index (χ3n) is 5.02. The Balaban J connectivity index is 1.80. The van der Waals surface area contributed by atoms with Crippen LogP contribution in [0.2, 0.25) is 0 Å². The van der Waals surface area contributed by atoms with Gasteiger partial charge in [-0.05, 0) is 45.8 Å². The molecule has 0 saturated heterocycles. The van der Waals surface area contributed by atoms with E-state index in [1.807, 2.05) is 30.5 Å². The Kier molecular flexibility index (Phi) is 6.34. The van der Waals surface area contributed by atoms with Crippen LogP contribution in [0.3, 0.4) is 0 Å². The number of benzene rings is 1. The number of hydrogen-bond donors (Lipinski definition) is 4. The zero-order valence-corrected chi connectivity index (χ0v) is 19.4. The number of anilines is 3. The average molecular weight is 520 g/mol. The molecule has 0 amide bonds. The Morgan fingerprint density at radius 1 is 1.26 bits per heavy atom. The van der Waals surface area contributed by atoms with Crippen molar-refractivity contribution >= 4 is 39.2 Å². The minimum atomic E-state index is -0.720. The van der Waals surface area contributed by atoms with Gasteiger partial charge in [-0.2, -0.15) is 10.5 Å². The van der Waals surface area contributed by atoms with E-state index in [1.165, 1.54) is 7.11 Å². The number of nitrogens with zero attached hydrogens (tertiary/aromatic N) is 5. The number of guanidine groups is 1. The molecule has 3 heterocycles. The lowest BCUT2D eigenvalue weighted by Crippen LogP contribution is -2.32. The standard InChI is InChI=1S/C22H18BrN9O2/c1-33-15-7-11(6-14(23)19(15)34-9-12-4-2-3-5-28-12)18-16-17(26)13(8-24)20(27)31-21(16)32-22(30-18)29-10-25/h2-7,18H,9H2,1H3,(H6,26,27,29,30,31,32). The average Bonchev–Trinajstić information content (AvgIpc) is 2.83. The van der Waals surface area contributed by atoms with E-state index in [2.05, 4.69) is 41.5 Å². The van der Waals surface area contributed by atoms with Crippen LogP contribution in [0.15, 0.2) is 46.0 Å². The molecule has 34 heavy (non-hydrogen) atoms. The molecule has 1 aliphatic rings. The van der Waals surface area contributed by atoms with E-state index < -0.39 is 6.04 Å². The first-order valence-corrected chi connectivity index (χ1v) is 10.6. The Labute approximate surface area is 203 Å². The maximum atomic E-state index is 9.50. The molecule has 11 nitrogen and oxygen atoms in total. The number of aliphatic imine (C=N–C) groups is 1. The van der Waals surface area contributed by atoms with E-state index >= 15 is 0 Å². The monoisotopic (exact) mass is 519 g/mol. The van der Waals surface area contributed by atoms with Crippen LogP contribution < -0.4 is 31.6 Å². The Morgan fingerprint density at radius 2 is 2.09 bits per heavy atom. The van der Waals surface area contributed by atoms with E-state index in [9.17, 15) is 5.26 Å². The van der Waals surface area contributed by atoms with Crippen molar-refractivity contribution in [1.82, 2.24) is 15.3 Å². The molecule has 1 unspecified atom stereocenters. The molecule has 12 heteroatoms. The minimum absolute atomic E-state index is 0.0276. The van der Waals surface area contributed by atoms with Gasteiger partial charge in [0.15, 0.2) is 17.7 Å². The summed E-state index contributed by atoms with van der Waals surface area (Å²) in [6.07, 6.45) is 3.51. The summed E-state index contributed by atoms with van der Waals surface area (Å²) in [4.78, 5) is 13.1. The number of nitriles is 2. The number of ether oxygens (including phenoxy) is 2. The van der Waals surface area contributed by atoms with E-state index in [1.54, 1.807) is 18.3 Å². The molecule has 170 valence electrons. The number of halogens is 1. The van der Waals surface area contributed by atoms with Gasteiger partial charge in [0.1, 0.15) is 35.9 Å². The van der Waals surface area contributed by atoms with Crippen LogP contribution >= 0.6 is 15.9 Å². The molecular formula is C22H18BrN9O2. The molecule has 2 aromatic heterocycles. The fraction of sp³-hybridized carbons (Fsp3) is 0.136. The predicted octanol–water partition coefficient (Wildman–Crippen LogP) is 2.80. The third kappa shape index (κ3) is 4.22. The highest BCUT2D eigenvalue weighted by molar-refractivity contribution is 9.10. The summed E-state index contributed by atoms with van der Waals surface area (Å²) in [7, 11) is 1.52. The van der Waals surface area contributed by atoms with Crippen LogP contribution in [-0.4, -0.2) is 23.0 Å². The topological polar surface area (TPSA) is 180 Å². The lowest BCUT2D eigenvalue weighted by atomic mass is 9.95. The number of nitrogens with one attached hydrogen (secondary N) is 2. The number of pyridine rings is 2. The second kappa shape index (κ2) is 9.52. The first-order chi connectivity index (χ1) is 16.5. The Hall–Kier alpha value is -4.55. The minimum Gasteiger partial charge on any atom is -0.493 e. The molecule has 1 aromatic carbocycles. The smallest absolute Gasteiger partial charge is 0.211 e. The maximum absolute atomic E-state index is 9.50. The summed E-state index contributed by atoms with van der Waals surface area (Å²) in [5.41, 5.74) is 14.3. The second-order valence-corrected chi connectivity index (χ2v) is 7.90. The maximum Gasteiger partial charge on any atom is 0.211 e. The number of nitrogens with two attached hydrogens (primary N) is 2. The van der Waals surface area contributed by atoms with Crippen LogP contribution in [0.5, 0.6) is 11.5 Å². The van der Waals surface area contributed by atoms with Crippen molar-refractivity contribution in [3.63, 3.8) is 0 Å². The van der Waals surface area contributed by atoms with E-state index in [0.717, 1.165) is 5.69 Å². The molecule has 0 aliphatic carbocycles. The summed E-state index contributed by atoms with van der Waals surface area (Å²) in [5, 5.41) is 23.9. The molecule has 0 radical (unpaired) electrons. The van der Waals surface area contributed by atoms with Gasteiger partial charge in [-0.25, -0.2) is 9.98 Å². The number of rotatable bonds is 5. The third-order valence-corrected chi connectivity index (χ3v) is 5.60. The lowest BCUT2D eigenvalue weighted by molar-refractivity contribution is 0.278. The molecule has 1 aliphatic heterocycles. The van der Waals surface area contributed by atoms with E-state index in [-0.39, 0.29) is 35.5 Å². The van der Waals surface area contributed by atoms with Gasteiger partial charge in [0.05, 0.1) is 23.0 Å². The predicted molar refractivity (Wildman–Crippen MR) is 129 cm³/mol. The molecule has 0 fully saturated rings. The van der Waals surface area contributed by atoms with Crippen molar-refractivity contribution in [1.29, 1.82) is 10.5 Å². The summed E-state index contributed by atoms with van der Waals surface area (Å²) in [6.45, 7) is 0.237. The highest BCUT2D eigenvalue weighted by Crippen LogP contribution is 2.45. The number of methoxy groups -OCH3 is 1. The van der Waals surface area contributed by atoms with Gasteiger partial charge in [0.25, 0.3) is 0 Å². The van der Waals surface area contributed by atoms with Gasteiger partial charge < -0.3 is 26.3 Å². The summed E-state index contributed by atoms with van der Waals surface area (Å²) < 4.78 is 12.1. The van der Waals surface area contributed by atoms with E-state index in [4.69, 9.17) is 26.2 Å². The Bertz CT molecular complexity index is 1360. The summed E-state index contributed by atoms with van der Waals surface area (Å²) >= 11 is 3.55. The molecular weight excluding hydrogens is 502 g/mol. The van der Waals surface area contributed by atoms with Crippen LogP contribution in [0.25, 0.3) is 0 Å². The van der Waals surface area contributed by atoms with Crippen LogP contribution in [-0.2, 0) is 6.61 Å². The zero-order valence-electron chi connectivity index (χ0n) is 17.8. The number of nitrogen functional groups attached to an aromatic ring is 2. The quantitative estimate of drug-likeness (QED) is 0.289. The fourth-order valence-corrected chi connectivity index (χ4v) is 4.06. The zero-order chi connectivity index (χ0) is 24.2. The van der Waals surface area contributed by atoms with Crippen molar-refractivity contribution in [2.75, 3.05) is 23.9 Å². The molecule has 6 N–H and O–H groups in total. The van der Waals surface area contributed by atoms with Crippen molar-refractivity contribution < 1.29 is 9.47 Å². The largest absolute Gasteiger partial charge is 0.493 e. The number of aromatic nitrogens is 2. The fourth-order valence-electron chi connectivity index (χ4n) is 3.49. The SMILES string of the molecule is COc1cc(C2N=C(NC#N)Nc3nc(N)c(C#N)c(N)c32)cc(Br)c1OCc1ccccn1. The first kappa shape index (κ1) is 22.6. The van der Waals surface area contributed by atoms with Gasteiger partial charge in [0, 0.05) is 11.8 Å². The van der Waals surface area contributed by atoms with Crippen molar-refractivity contribution in [2.24, 2.45) is 4.99 Å². The number of hydrogen-bond acceptors (Lipinski definition) is 11. The molecule has 0 spiro atoms. The van der Waals surface area contributed by atoms with Crippen LogP contribution in [0.4, 0.5) is 17.3 Å². The van der Waals surface area contributed by atoms with Gasteiger partial charge in [-0.15, -0.1) is 0 Å². The van der Waals surface area contributed by atoms with Gasteiger partial charge in [-0.1, -0.05) is 6.07 Å². The molecule has 0 saturated carbocycles. The second-order valence-electron chi connectivity index (χ2n) is 7.05. The normalized spacial score (nSPS) is 14.0. The summed E-state index contributed by atoms with van der Waals surface area (Å²) in [6, 6.07) is 10.4. The Morgan fingerprint density at radius 3 is 2.76 bits per heavy atom. The lowest BCUT2D eigenvalue weighted by Gasteiger charge is -2.27. The highest BCUT2D eigenvalue weighted by atomic mass is 79.9. The molecule has 4 rings (SSSR count). The van der Waals surface area contributed by atoms with Crippen molar-refractivity contribution in [2.45, 2.75) is 12.6 Å². The van der Waals surface area contributed by atoms with Crippen LogP contribution in [0, 0.1) is 22.8 Å². The molecule has 0 bridgehead atoms. The van der Waals surface area contributed by atoms with Gasteiger partial charge in [0.2, 0.25) is 5.96 Å². The van der Waals surface area contributed by atoms with Crippen molar-refractivity contribution in [3.05, 3.63) is 63.4 Å². The first-order valence-electron chi connectivity index (χ1n) is 9.85. The summed E-state index contributed by atoms with van der Waals surface area (Å²) in [5.74, 6) is 1.33. The number of fused-ring (bicyclic) bond motifs is 1. The van der Waals surface area contributed by atoms with E-state index in [0.29, 0.717) is 27.1 Å².